The van der Waals surface area contributed by atoms with Crippen molar-refractivity contribution in [2.24, 2.45) is 7.05 Å². The van der Waals surface area contributed by atoms with Gasteiger partial charge >= 0.3 is 5.97 Å². The van der Waals surface area contributed by atoms with Crippen LogP contribution in [0.5, 0.6) is 0 Å². The number of pyridine rings is 1. The second-order valence-electron chi connectivity index (χ2n) is 8.02. The Morgan fingerprint density at radius 3 is 2.52 bits per heavy atom. The molecule has 150 valence electrons. The van der Waals surface area contributed by atoms with Crippen molar-refractivity contribution in [2.75, 3.05) is 0 Å². The van der Waals surface area contributed by atoms with E-state index in [0.717, 1.165) is 16.7 Å². The molecule has 0 saturated heterocycles. The van der Waals surface area contributed by atoms with E-state index in [-0.39, 0.29) is 12.2 Å². The van der Waals surface area contributed by atoms with Crippen LogP contribution in [-0.4, -0.2) is 21.2 Å². The molecule has 0 fully saturated rings. The third-order valence-electron chi connectivity index (χ3n) is 4.79. The molecule has 0 spiro atoms. The van der Waals surface area contributed by atoms with Crippen molar-refractivity contribution in [2.45, 2.75) is 46.3 Å². The van der Waals surface area contributed by atoms with E-state index in [4.69, 9.17) is 4.74 Å². The number of aryl methyl sites for hydroxylation is 2. The molecular formula is C24H25NO4. The second kappa shape index (κ2) is 7.73. The summed E-state index contributed by atoms with van der Waals surface area (Å²) in [4.78, 5) is 25.5. The Morgan fingerprint density at radius 1 is 1.24 bits per heavy atom. The van der Waals surface area contributed by atoms with E-state index in [9.17, 15) is 14.7 Å². The van der Waals surface area contributed by atoms with Gasteiger partial charge in [-0.2, -0.15) is 0 Å². The molecule has 1 aromatic carbocycles. The van der Waals surface area contributed by atoms with Gasteiger partial charge in [-0.15, -0.1) is 0 Å². The zero-order valence-electron chi connectivity index (χ0n) is 17.4. The molecular weight excluding hydrogens is 366 g/mol. The van der Waals surface area contributed by atoms with Gasteiger partial charge in [0.1, 0.15) is 12.2 Å². The standard InChI is InChI=1S/C24H25NO4/c1-15-6-8-17(9-7-15)14-29-23(27)20-16(2)12-19-21(20)18(10-11-24(3,4)28)13-25(5)22(19)26/h6-9,13,28H,12,14H2,1-5H3. The van der Waals surface area contributed by atoms with Gasteiger partial charge in [-0.1, -0.05) is 47.2 Å². The van der Waals surface area contributed by atoms with Crippen molar-refractivity contribution in [1.82, 2.24) is 4.57 Å². The van der Waals surface area contributed by atoms with E-state index < -0.39 is 11.6 Å². The Kier molecular flexibility index (Phi) is 5.50. The van der Waals surface area contributed by atoms with Crippen molar-refractivity contribution < 1.29 is 14.6 Å². The van der Waals surface area contributed by atoms with Crippen LogP contribution in [0.25, 0.3) is 5.57 Å². The number of fused-ring (bicyclic) bond motifs is 1. The maximum atomic E-state index is 12.9. The van der Waals surface area contributed by atoms with Crippen LogP contribution in [-0.2, 0) is 29.6 Å². The van der Waals surface area contributed by atoms with Gasteiger partial charge in [-0.25, -0.2) is 4.79 Å². The largest absolute Gasteiger partial charge is 0.457 e. The second-order valence-corrected chi connectivity index (χ2v) is 8.02. The molecule has 0 amide bonds. The fourth-order valence-electron chi connectivity index (χ4n) is 3.31. The van der Waals surface area contributed by atoms with Gasteiger partial charge in [0.15, 0.2) is 0 Å². The molecule has 0 radical (unpaired) electrons. The highest BCUT2D eigenvalue weighted by Crippen LogP contribution is 2.34. The Labute approximate surface area is 170 Å². The molecule has 2 aromatic rings. The third kappa shape index (κ3) is 4.49. The summed E-state index contributed by atoms with van der Waals surface area (Å²) in [5.41, 5.74) is 3.45. The lowest BCUT2D eigenvalue weighted by molar-refractivity contribution is -0.137. The number of hydrogen-bond donors (Lipinski definition) is 1. The first kappa shape index (κ1) is 20.6. The first-order valence-corrected chi connectivity index (χ1v) is 9.47. The number of nitrogens with zero attached hydrogens (tertiary/aromatic N) is 1. The number of esters is 1. The number of ether oxygens (including phenoxy) is 1. The van der Waals surface area contributed by atoms with Crippen molar-refractivity contribution in [3.63, 3.8) is 0 Å². The maximum absolute atomic E-state index is 12.9. The Hall–Kier alpha value is -3.10. The SMILES string of the molecule is CC1=C(C(=O)OCc2ccc(C)cc2)c2c(C#CC(C)(C)O)cn(C)c(=O)c2C1. The Balaban J connectivity index is 1.98. The summed E-state index contributed by atoms with van der Waals surface area (Å²) in [6.45, 7) is 7.14. The van der Waals surface area contributed by atoms with Crippen molar-refractivity contribution >= 4 is 11.5 Å². The summed E-state index contributed by atoms with van der Waals surface area (Å²) in [5, 5.41) is 9.96. The predicted octanol–water partition coefficient (Wildman–Crippen LogP) is 2.89. The van der Waals surface area contributed by atoms with Gasteiger partial charge in [0.05, 0.1) is 5.57 Å². The highest BCUT2D eigenvalue weighted by Gasteiger charge is 2.31. The van der Waals surface area contributed by atoms with Gasteiger partial charge in [-0.3, -0.25) is 4.79 Å². The van der Waals surface area contributed by atoms with Gasteiger partial charge in [-0.05, 0) is 33.3 Å². The van der Waals surface area contributed by atoms with E-state index in [0.29, 0.717) is 28.7 Å². The van der Waals surface area contributed by atoms with Crippen LogP contribution in [0.3, 0.4) is 0 Å². The van der Waals surface area contributed by atoms with Crippen LogP contribution < -0.4 is 5.56 Å². The molecule has 1 N–H and O–H groups in total. The molecule has 0 aliphatic heterocycles. The monoisotopic (exact) mass is 391 g/mol. The average molecular weight is 391 g/mol. The number of hydrogen-bond acceptors (Lipinski definition) is 4. The van der Waals surface area contributed by atoms with E-state index in [1.54, 1.807) is 27.1 Å². The number of carbonyl (C=O) groups excluding carboxylic acids is 1. The summed E-state index contributed by atoms with van der Waals surface area (Å²) in [5.74, 6) is 5.23. The van der Waals surface area contributed by atoms with Crippen LogP contribution in [0.1, 0.15) is 48.6 Å². The van der Waals surface area contributed by atoms with Crippen LogP contribution in [0.2, 0.25) is 0 Å². The molecule has 5 heteroatoms. The van der Waals surface area contributed by atoms with Crippen molar-refractivity contribution in [1.29, 1.82) is 0 Å². The molecule has 1 aliphatic carbocycles. The minimum absolute atomic E-state index is 0.154. The molecule has 5 nitrogen and oxygen atoms in total. The summed E-state index contributed by atoms with van der Waals surface area (Å²) in [6.07, 6.45) is 1.99. The summed E-state index contributed by atoms with van der Waals surface area (Å²) >= 11 is 0. The predicted molar refractivity (Wildman–Crippen MR) is 112 cm³/mol. The zero-order valence-corrected chi connectivity index (χ0v) is 17.4. The lowest BCUT2D eigenvalue weighted by atomic mass is 10.00. The van der Waals surface area contributed by atoms with Crippen LogP contribution in [0, 0.1) is 18.8 Å². The third-order valence-corrected chi connectivity index (χ3v) is 4.79. The normalized spacial score (nSPS) is 13.0. The fraction of sp³-hybridized carbons (Fsp3) is 0.333. The van der Waals surface area contributed by atoms with Gasteiger partial charge in [0.2, 0.25) is 0 Å². The first-order valence-electron chi connectivity index (χ1n) is 9.47. The highest BCUT2D eigenvalue weighted by atomic mass is 16.5. The quantitative estimate of drug-likeness (QED) is 0.645. The van der Waals surface area contributed by atoms with Gasteiger partial charge < -0.3 is 14.4 Å². The average Bonchev–Trinajstić information content (AvgIpc) is 2.99. The fourth-order valence-corrected chi connectivity index (χ4v) is 3.31. The number of carbonyl (C=O) groups is 1. The van der Waals surface area contributed by atoms with E-state index >= 15 is 0 Å². The molecule has 3 rings (SSSR count). The smallest absolute Gasteiger partial charge is 0.339 e. The topological polar surface area (TPSA) is 68.5 Å². The number of benzene rings is 1. The lowest BCUT2D eigenvalue weighted by Crippen LogP contribution is -2.23. The minimum Gasteiger partial charge on any atom is -0.457 e. The number of rotatable bonds is 3. The van der Waals surface area contributed by atoms with Crippen molar-refractivity contribution in [3.8, 4) is 11.8 Å². The molecule has 0 bridgehead atoms. The molecule has 1 aromatic heterocycles. The molecule has 29 heavy (non-hydrogen) atoms. The number of aromatic nitrogens is 1. The summed E-state index contributed by atoms with van der Waals surface area (Å²) in [7, 11) is 1.65. The van der Waals surface area contributed by atoms with Crippen LogP contribution in [0.4, 0.5) is 0 Å². The maximum Gasteiger partial charge on any atom is 0.339 e. The summed E-state index contributed by atoms with van der Waals surface area (Å²) < 4.78 is 7.01. The van der Waals surface area contributed by atoms with Gasteiger partial charge in [0, 0.05) is 36.4 Å². The van der Waals surface area contributed by atoms with Crippen LogP contribution >= 0.6 is 0 Å². The Bertz CT molecular complexity index is 1120. The Morgan fingerprint density at radius 2 is 1.90 bits per heavy atom. The number of aliphatic hydroxyl groups is 1. The van der Waals surface area contributed by atoms with Crippen LogP contribution in [0.15, 0.2) is 40.8 Å². The molecule has 1 heterocycles. The van der Waals surface area contributed by atoms with Gasteiger partial charge in [0.25, 0.3) is 5.56 Å². The van der Waals surface area contributed by atoms with E-state index in [1.165, 1.54) is 4.57 Å². The number of allylic oxidation sites excluding steroid dienone is 1. The zero-order chi connectivity index (χ0) is 21.3. The summed E-state index contributed by atoms with van der Waals surface area (Å²) in [6, 6.07) is 7.77. The van der Waals surface area contributed by atoms with E-state index in [2.05, 4.69) is 11.8 Å². The molecule has 0 atom stereocenters. The van der Waals surface area contributed by atoms with Crippen molar-refractivity contribution in [3.05, 3.63) is 74.2 Å². The minimum atomic E-state index is -1.19. The highest BCUT2D eigenvalue weighted by molar-refractivity contribution is 6.19. The lowest BCUT2D eigenvalue weighted by Gasteiger charge is -2.12. The molecule has 0 unspecified atom stereocenters. The molecule has 0 saturated carbocycles. The van der Waals surface area contributed by atoms with E-state index in [1.807, 2.05) is 38.1 Å². The molecule has 1 aliphatic rings. The first-order chi connectivity index (χ1) is 13.6.